The first-order valence-corrected chi connectivity index (χ1v) is 7.82. The molecule has 0 bridgehead atoms. The first kappa shape index (κ1) is 15.0. The molecular formula is C16H24BNO3. The summed E-state index contributed by atoms with van der Waals surface area (Å²) in [6.07, 6.45) is 5.43. The highest BCUT2D eigenvalue weighted by Gasteiger charge is 2.51. The van der Waals surface area contributed by atoms with Gasteiger partial charge in [-0.15, -0.1) is 0 Å². The van der Waals surface area contributed by atoms with Crippen LogP contribution in [-0.2, 0) is 14.0 Å². The Labute approximate surface area is 127 Å². The number of hydrogen-bond acceptors (Lipinski definition) is 4. The Kier molecular flexibility index (Phi) is 3.84. The molecule has 1 aromatic rings. The van der Waals surface area contributed by atoms with E-state index < -0.39 is 0 Å². The molecule has 114 valence electrons. The summed E-state index contributed by atoms with van der Waals surface area (Å²) in [4.78, 5) is 4.56. The Morgan fingerprint density at radius 2 is 1.81 bits per heavy atom. The van der Waals surface area contributed by atoms with Crippen molar-refractivity contribution in [2.24, 2.45) is 0 Å². The summed E-state index contributed by atoms with van der Waals surface area (Å²) in [6.45, 7) is 9.08. The van der Waals surface area contributed by atoms with E-state index in [1.165, 1.54) is 6.42 Å². The van der Waals surface area contributed by atoms with Crippen molar-refractivity contribution in [2.75, 3.05) is 6.61 Å². The average Bonchev–Trinajstić information content (AvgIpc) is 2.69. The minimum Gasteiger partial charge on any atom is -0.399 e. The maximum atomic E-state index is 6.04. The largest absolute Gasteiger partial charge is 0.496 e. The molecule has 1 aromatic heterocycles. The molecule has 0 saturated carbocycles. The Bertz CT molecular complexity index is 479. The van der Waals surface area contributed by atoms with Crippen molar-refractivity contribution in [3.8, 4) is 0 Å². The van der Waals surface area contributed by atoms with Gasteiger partial charge in [0.15, 0.2) is 0 Å². The first-order valence-electron chi connectivity index (χ1n) is 7.82. The second kappa shape index (κ2) is 5.38. The highest BCUT2D eigenvalue weighted by molar-refractivity contribution is 6.62. The van der Waals surface area contributed by atoms with Crippen LogP contribution in [0.15, 0.2) is 18.3 Å². The van der Waals surface area contributed by atoms with Gasteiger partial charge in [0, 0.05) is 18.3 Å². The molecule has 3 rings (SSSR count). The van der Waals surface area contributed by atoms with Gasteiger partial charge in [-0.25, -0.2) is 0 Å². The molecular weight excluding hydrogens is 265 g/mol. The van der Waals surface area contributed by atoms with Crippen LogP contribution in [0.4, 0.5) is 0 Å². The van der Waals surface area contributed by atoms with Crippen LogP contribution in [0.1, 0.15) is 58.8 Å². The molecule has 21 heavy (non-hydrogen) atoms. The molecule has 2 aliphatic rings. The van der Waals surface area contributed by atoms with Gasteiger partial charge < -0.3 is 14.0 Å². The smallest absolute Gasteiger partial charge is 0.399 e. The van der Waals surface area contributed by atoms with Gasteiger partial charge in [0.1, 0.15) is 0 Å². The molecule has 0 aromatic carbocycles. The highest BCUT2D eigenvalue weighted by Crippen LogP contribution is 2.36. The van der Waals surface area contributed by atoms with Gasteiger partial charge in [-0.1, -0.05) is 6.07 Å². The fraction of sp³-hybridized carbons (Fsp3) is 0.688. The van der Waals surface area contributed by atoms with Gasteiger partial charge in [-0.05, 0) is 53.0 Å². The Morgan fingerprint density at radius 3 is 2.33 bits per heavy atom. The molecule has 1 unspecified atom stereocenters. The van der Waals surface area contributed by atoms with E-state index in [1.54, 1.807) is 0 Å². The molecule has 3 heterocycles. The quantitative estimate of drug-likeness (QED) is 0.785. The first-order chi connectivity index (χ1) is 9.89. The molecule has 0 radical (unpaired) electrons. The summed E-state index contributed by atoms with van der Waals surface area (Å²) in [5.74, 6) is 0. The summed E-state index contributed by atoms with van der Waals surface area (Å²) in [7, 11) is -0.344. The molecule has 0 spiro atoms. The van der Waals surface area contributed by atoms with E-state index in [4.69, 9.17) is 14.0 Å². The van der Waals surface area contributed by atoms with Gasteiger partial charge >= 0.3 is 7.12 Å². The monoisotopic (exact) mass is 289 g/mol. The fourth-order valence-corrected chi connectivity index (χ4v) is 2.70. The minimum atomic E-state index is -0.344. The molecule has 2 saturated heterocycles. The van der Waals surface area contributed by atoms with Gasteiger partial charge in [-0.2, -0.15) is 0 Å². The maximum Gasteiger partial charge on any atom is 0.496 e. The average molecular weight is 289 g/mol. The van der Waals surface area contributed by atoms with Crippen molar-refractivity contribution < 1.29 is 14.0 Å². The van der Waals surface area contributed by atoms with Crippen LogP contribution >= 0.6 is 0 Å². The van der Waals surface area contributed by atoms with E-state index in [0.717, 1.165) is 30.6 Å². The Hall–Kier alpha value is -0.905. The zero-order valence-corrected chi connectivity index (χ0v) is 13.4. The van der Waals surface area contributed by atoms with E-state index in [9.17, 15) is 0 Å². The molecule has 0 aliphatic carbocycles. The van der Waals surface area contributed by atoms with Crippen LogP contribution in [0.3, 0.4) is 0 Å². The third-order valence-corrected chi connectivity index (χ3v) is 4.84. The number of pyridine rings is 1. The van der Waals surface area contributed by atoms with Crippen molar-refractivity contribution in [1.82, 2.24) is 4.98 Å². The van der Waals surface area contributed by atoms with Crippen LogP contribution < -0.4 is 5.46 Å². The lowest BCUT2D eigenvalue weighted by Crippen LogP contribution is -2.41. The second-order valence-electron chi connectivity index (χ2n) is 6.96. The number of ether oxygens (including phenoxy) is 1. The third-order valence-electron chi connectivity index (χ3n) is 4.84. The van der Waals surface area contributed by atoms with Crippen molar-refractivity contribution in [1.29, 1.82) is 0 Å². The van der Waals surface area contributed by atoms with Crippen molar-refractivity contribution in [3.63, 3.8) is 0 Å². The SMILES string of the molecule is CC1(C)OB(c2ccc(C3CCCCO3)nc2)OC1(C)C. The normalized spacial score (nSPS) is 27.8. The van der Waals surface area contributed by atoms with Crippen LogP contribution in [0.5, 0.6) is 0 Å². The molecule has 5 heteroatoms. The van der Waals surface area contributed by atoms with Crippen LogP contribution in [0, 0.1) is 0 Å². The maximum absolute atomic E-state index is 6.04. The van der Waals surface area contributed by atoms with Crippen LogP contribution in [-0.4, -0.2) is 29.9 Å². The summed E-state index contributed by atoms with van der Waals surface area (Å²) >= 11 is 0. The lowest BCUT2D eigenvalue weighted by Gasteiger charge is -2.32. The molecule has 2 aliphatic heterocycles. The van der Waals surface area contributed by atoms with Crippen molar-refractivity contribution in [2.45, 2.75) is 64.3 Å². The van der Waals surface area contributed by atoms with Crippen LogP contribution in [0.25, 0.3) is 0 Å². The van der Waals surface area contributed by atoms with Gasteiger partial charge in [0.25, 0.3) is 0 Å². The number of nitrogens with zero attached hydrogens (tertiary/aromatic N) is 1. The van der Waals surface area contributed by atoms with Crippen LogP contribution in [0.2, 0.25) is 0 Å². The summed E-state index contributed by atoms with van der Waals surface area (Å²) in [5, 5.41) is 0. The van der Waals surface area contributed by atoms with Gasteiger partial charge in [-0.3, -0.25) is 4.98 Å². The molecule has 0 N–H and O–H groups in total. The molecule has 1 atom stereocenters. The number of aromatic nitrogens is 1. The number of hydrogen-bond donors (Lipinski definition) is 0. The molecule has 2 fully saturated rings. The number of rotatable bonds is 2. The summed E-state index contributed by atoms with van der Waals surface area (Å²) in [5.41, 5.74) is 1.34. The van der Waals surface area contributed by atoms with Crippen molar-refractivity contribution in [3.05, 3.63) is 24.0 Å². The second-order valence-corrected chi connectivity index (χ2v) is 6.96. The topological polar surface area (TPSA) is 40.6 Å². The van der Waals surface area contributed by atoms with E-state index in [2.05, 4.69) is 32.7 Å². The van der Waals surface area contributed by atoms with E-state index in [0.29, 0.717) is 0 Å². The van der Waals surface area contributed by atoms with E-state index in [1.807, 2.05) is 18.3 Å². The van der Waals surface area contributed by atoms with E-state index >= 15 is 0 Å². The zero-order chi connectivity index (χ0) is 15.1. The lowest BCUT2D eigenvalue weighted by atomic mass is 9.80. The van der Waals surface area contributed by atoms with Gasteiger partial charge in [0.05, 0.1) is 23.0 Å². The minimum absolute atomic E-state index is 0.145. The summed E-state index contributed by atoms with van der Waals surface area (Å²) in [6, 6.07) is 4.08. The predicted molar refractivity (Wildman–Crippen MR) is 82.5 cm³/mol. The van der Waals surface area contributed by atoms with Crippen molar-refractivity contribution >= 4 is 12.6 Å². The van der Waals surface area contributed by atoms with Gasteiger partial charge in [0.2, 0.25) is 0 Å². The Morgan fingerprint density at radius 1 is 1.10 bits per heavy atom. The Balaban J connectivity index is 1.73. The molecule has 4 nitrogen and oxygen atoms in total. The third kappa shape index (κ3) is 2.87. The predicted octanol–water partition coefficient (Wildman–Crippen LogP) is 2.62. The zero-order valence-electron chi connectivity index (χ0n) is 13.4. The fourth-order valence-electron chi connectivity index (χ4n) is 2.70. The lowest BCUT2D eigenvalue weighted by molar-refractivity contribution is 0.00578. The highest BCUT2D eigenvalue weighted by atomic mass is 16.7. The van der Waals surface area contributed by atoms with E-state index in [-0.39, 0.29) is 24.4 Å². The molecule has 0 amide bonds. The summed E-state index contributed by atoms with van der Waals surface area (Å²) < 4.78 is 17.9. The standard InChI is InChI=1S/C16H24BNO3/c1-15(2)16(3,4)21-17(20-15)12-8-9-13(18-11-12)14-7-5-6-10-19-14/h8-9,11,14H,5-7,10H2,1-4H3.